The van der Waals surface area contributed by atoms with E-state index in [-0.39, 0.29) is 42.0 Å². The Morgan fingerprint density at radius 1 is 0.900 bits per heavy atom. The van der Waals surface area contributed by atoms with Crippen LogP contribution in [0.4, 0.5) is 0 Å². The summed E-state index contributed by atoms with van der Waals surface area (Å²) in [6.45, 7) is -0.164. The van der Waals surface area contributed by atoms with Crippen molar-refractivity contribution in [1.82, 2.24) is 5.32 Å². The molecule has 1 amide bonds. The molecule has 5 heteroatoms. The van der Waals surface area contributed by atoms with E-state index in [4.69, 9.17) is 4.74 Å². The summed E-state index contributed by atoms with van der Waals surface area (Å²) in [5.41, 5.74) is 0.509. The summed E-state index contributed by atoms with van der Waals surface area (Å²) < 4.78 is 5.05. The molecule has 2 aromatic rings. The van der Waals surface area contributed by atoms with Crippen LogP contribution >= 0.6 is 0 Å². The van der Waals surface area contributed by atoms with Gasteiger partial charge in [0.2, 0.25) is 0 Å². The molecule has 0 aliphatic rings. The normalized spacial score (nSPS) is 9.20. The van der Waals surface area contributed by atoms with Gasteiger partial charge in [-0.25, -0.2) is 4.79 Å². The number of para-hydroxylation sites is 1. The molecule has 0 heterocycles. The fourth-order valence-corrected chi connectivity index (χ4v) is 1.50. The zero-order valence-corrected chi connectivity index (χ0v) is 10.2. The van der Waals surface area contributed by atoms with E-state index in [1.54, 1.807) is 48.5 Å². The summed E-state index contributed by atoms with van der Waals surface area (Å²) in [6, 6.07) is 17.4. The molecular formula is C15H14NNaO3. The van der Waals surface area contributed by atoms with Crippen molar-refractivity contribution in [2.75, 3.05) is 6.54 Å². The maximum atomic E-state index is 11.7. The number of hydrogen-bond acceptors (Lipinski definition) is 3. The Morgan fingerprint density at radius 2 is 1.45 bits per heavy atom. The van der Waals surface area contributed by atoms with Gasteiger partial charge in [0, 0.05) is 5.56 Å². The first-order valence-corrected chi connectivity index (χ1v) is 5.84. The Morgan fingerprint density at radius 3 is 2.05 bits per heavy atom. The Bertz CT molecular complexity index is 558. The second-order valence-electron chi connectivity index (χ2n) is 3.84. The second-order valence-corrected chi connectivity index (χ2v) is 3.84. The second kappa shape index (κ2) is 8.53. The van der Waals surface area contributed by atoms with Gasteiger partial charge in [-0.3, -0.25) is 4.79 Å². The minimum absolute atomic E-state index is 0. The Balaban J connectivity index is 0.00000200. The van der Waals surface area contributed by atoms with Crippen molar-refractivity contribution in [2.24, 2.45) is 0 Å². The topological polar surface area (TPSA) is 55.4 Å². The molecule has 0 saturated carbocycles. The van der Waals surface area contributed by atoms with Crippen LogP contribution in [-0.2, 0) is 4.79 Å². The van der Waals surface area contributed by atoms with E-state index in [0.717, 1.165) is 0 Å². The monoisotopic (exact) mass is 279 g/mol. The molecule has 0 aliphatic heterocycles. The van der Waals surface area contributed by atoms with E-state index in [1.165, 1.54) is 0 Å². The molecule has 2 aromatic carbocycles. The summed E-state index contributed by atoms with van der Waals surface area (Å²) in [5, 5.41) is 2.51. The Kier molecular flexibility index (Phi) is 7.01. The third-order valence-corrected chi connectivity index (χ3v) is 2.40. The summed E-state index contributed by atoms with van der Waals surface area (Å²) in [6.07, 6.45) is 0. The summed E-state index contributed by atoms with van der Waals surface area (Å²) >= 11 is 0. The molecule has 0 fully saturated rings. The van der Waals surface area contributed by atoms with Gasteiger partial charge in [-0.1, -0.05) is 36.4 Å². The standard InChI is InChI=1S/C15H13NO3.Na.H/c17-14(19-13-9-5-2-6-10-13)11-16-15(18)12-7-3-1-4-8-12;;/h1-10H,11H2,(H,16,18);;. The van der Waals surface area contributed by atoms with Crippen molar-refractivity contribution in [3.05, 3.63) is 66.2 Å². The first-order valence-electron chi connectivity index (χ1n) is 5.84. The van der Waals surface area contributed by atoms with Crippen LogP contribution in [0.3, 0.4) is 0 Å². The van der Waals surface area contributed by atoms with Crippen molar-refractivity contribution in [1.29, 1.82) is 0 Å². The molecule has 4 nitrogen and oxygen atoms in total. The first-order chi connectivity index (χ1) is 9.25. The Hall–Kier alpha value is -1.62. The summed E-state index contributed by atoms with van der Waals surface area (Å²) in [7, 11) is 0. The number of rotatable bonds is 4. The van der Waals surface area contributed by atoms with Crippen LogP contribution in [0.25, 0.3) is 0 Å². The van der Waals surface area contributed by atoms with Gasteiger partial charge in [0.1, 0.15) is 12.3 Å². The average molecular weight is 279 g/mol. The predicted octanol–water partition coefficient (Wildman–Crippen LogP) is 1.37. The van der Waals surface area contributed by atoms with E-state index in [2.05, 4.69) is 5.32 Å². The number of esters is 1. The molecule has 0 spiro atoms. The van der Waals surface area contributed by atoms with Crippen LogP contribution in [0.1, 0.15) is 10.4 Å². The molecular weight excluding hydrogens is 265 g/mol. The molecule has 0 aliphatic carbocycles. The van der Waals surface area contributed by atoms with Crippen LogP contribution < -0.4 is 10.1 Å². The molecule has 0 atom stereocenters. The number of amides is 1. The fourth-order valence-electron chi connectivity index (χ4n) is 1.50. The molecule has 0 bridgehead atoms. The molecule has 0 unspecified atom stereocenters. The summed E-state index contributed by atoms with van der Waals surface area (Å²) in [5.74, 6) is -0.345. The molecule has 98 valence electrons. The fraction of sp³-hybridized carbons (Fsp3) is 0.0667. The van der Waals surface area contributed by atoms with E-state index < -0.39 is 5.97 Å². The van der Waals surface area contributed by atoms with Crippen molar-refractivity contribution in [3.8, 4) is 5.75 Å². The average Bonchev–Trinajstić information content (AvgIpc) is 2.47. The molecule has 1 N–H and O–H groups in total. The maximum absolute atomic E-state index is 11.7. The van der Waals surface area contributed by atoms with Gasteiger partial charge in [0.25, 0.3) is 5.91 Å². The quantitative estimate of drug-likeness (QED) is 0.522. The van der Waals surface area contributed by atoms with Gasteiger partial charge in [-0.2, -0.15) is 0 Å². The molecule has 0 aromatic heterocycles. The first kappa shape index (κ1) is 16.4. The van der Waals surface area contributed by atoms with Crippen molar-refractivity contribution < 1.29 is 14.3 Å². The third-order valence-electron chi connectivity index (χ3n) is 2.40. The predicted molar refractivity (Wildman–Crippen MR) is 78.0 cm³/mol. The van der Waals surface area contributed by atoms with Crippen LogP contribution in [0.2, 0.25) is 0 Å². The number of hydrogen-bond donors (Lipinski definition) is 1. The number of ether oxygens (including phenoxy) is 1. The van der Waals surface area contributed by atoms with E-state index >= 15 is 0 Å². The van der Waals surface area contributed by atoms with Gasteiger partial charge < -0.3 is 10.1 Å². The van der Waals surface area contributed by atoms with Crippen LogP contribution in [0, 0.1) is 0 Å². The molecule has 0 saturated heterocycles. The van der Waals surface area contributed by atoms with Crippen LogP contribution in [-0.4, -0.2) is 48.0 Å². The zero-order chi connectivity index (χ0) is 13.5. The van der Waals surface area contributed by atoms with Gasteiger partial charge in [0.15, 0.2) is 0 Å². The van der Waals surface area contributed by atoms with Gasteiger partial charge in [-0.05, 0) is 24.3 Å². The van der Waals surface area contributed by atoms with E-state index in [1.807, 2.05) is 12.1 Å². The van der Waals surface area contributed by atoms with Crippen LogP contribution in [0.15, 0.2) is 60.7 Å². The van der Waals surface area contributed by atoms with Gasteiger partial charge in [0.05, 0.1) is 0 Å². The summed E-state index contributed by atoms with van der Waals surface area (Å²) in [4.78, 5) is 23.2. The SMILES string of the molecule is O=C(CNC(=O)c1ccccc1)Oc1ccccc1.[NaH]. The van der Waals surface area contributed by atoms with Crippen molar-refractivity contribution in [3.63, 3.8) is 0 Å². The van der Waals surface area contributed by atoms with Gasteiger partial charge >= 0.3 is 35.5 Å². The number of carbonyl (C=O) groups is 2. The third kappa shape index (κ3) is 5.17. The number of benzene rings is 2. The van der Waals surface area contributed by atoms with Crippen molar-refractivity contribution in [2.45, 2.75) is 0 Å². The minimum atomic E-state index is -0.504. The molecule has 2 rings (SSSR count). The van der Waals surface area contributed by atoms with Crippen LogP contribution in [0.5, 0.6) is 5.75 Å². The Labute approximate surface area is 139 Å². The number of nitrogens with one attached hydrogen (secondary N) is 1. The number of carbonyl (C=O) groups excluding carboxylic acids is 2. The van der Waals surface area contributed by atoms with E-state index in [0.29, 0.717) is 11.3 Å². The molecule has 0 radical (unpaired) electrons. The molecule has 20 heavy (non-hydrogen) atoms. The van der Waals surface area contributed by atoms with E-state index in [9.17, 15) is 9.59 Å². The van der Waals surface area contributed by atoms with Gasteiger partial charge in [-0.15, -0.1) is 0 Å². The zero-order valence-electron chi connectivity index (χ0n) is 10.2. The van der Waals surface area contributed by atoms with Crippen molar-refractivity contribution >= 4 is 41.4 Å².